The highest BCUT2D eigenvalue weighted by atomic mass is 32.2. The van der Waals surface area contributed by atoms with Crippen LogP contribution in [-0.4, -0.2) is 47.5 Å². The van der Waals surface area contributed by atoms with Crippen LogP contribution in [0.3, 0.4) is 0 Å². The fourth-order valence-corrected chi connectivity index (χ4v) is 1.80. The van der Waals surface area contributed by atoms with E-state index in [1.165, 1.54) is 0 Å². The summed E-state index contributed by atoms with van der Waals surface area (Å²) in [6, 6.07) is 0. The summed E-state index contributed by atoms with van der Waals surface area (Å²) in [4.78, 5) is 12.5. The molecule has 0 aromatic heterocycles. The van der Waals surface area contributed by atoms with Gasteiger partial charge in [-0.25, -0.2) is 4.79 Å². The van der Waals surface area contributed by atoms with Crippen molar-refractivity contribution in [3.05, 3.63) is 0 Å². The minimum atomic E-state index is -0.525. The number of nitrogens with zero attached hydrogens (tertiary/aromatic N) is 1. The van der Waals surface area contributed by atoms with Gasteiger partial charge in [0.15, 0.2) is 6.79 Å². The first-order valence-electron chi connectivity index (χ1n) is 3.45. The highest BCUT2D eigenvalue weighted by molar-refractivity contribution is 7.99. The predicted octanol–water partition coefficient (Wildman–Crippen LogP) is 0.122. The molecule has 1 rings (SSSR count). The lowest BCUT2D eigenvalue weighted by atomic mass is 10.5. The van der Waals surface area contributed by atoms with Crippen LogP contribution in [0.1, 0.15) is 0 Å². The Labute approximate surface area is 69.5 Å². The second-order valence-electron chi connectivity index (χ2n) is 2.14. The zero-order chi connectivity index (χ0) is 8.10. The Morgan fingerprint density at radius 1 is 1.55 bits per heavy atom. The van der Waals surface area contributed by atoms with Crippen molar-refractivity contribution in [2.45, 2.75) is 0 Å². The number of aliphatic hydroxyl groups excluding tert-OH is 1. The topological polar surface area (TPSA) is 49.8 Å². The monoisotopic (exact) mass is 177 g/mol. The van der Waals surface area contributed by atoms with Crippen LogP contribution in [0.2, 0.25) is 0 Å². The van der Waals surface area contributed by atoms with Crippen LogP contribution < -0.4 is 0 Å². The molecule has 1 N–H and O–H groups in total. The van der Waals surface area contributed by atoms with Gasteiger partial charge in [0.25, 0.3) is 0 Å². The Hall–Kier alpha value is -0.420. The van der Waals surface area contributed by atoms with Gasteiger partial charge in [-0.3, -0.25) is 0 Å². The van der Waals surface area contributed by atoms with Crippen LogP contribution in [0.15, 0.2) is 0 Å². The molecule has 1 fully saturated rings. The number of hydrogen-bond acceptors (Lipinski definition) is 4. The molecule has 0 aromatic rings. The summed E-state index contributed by atoms with van der Waals surface area (Å²) >= 11 is 1.82. The molecule has 1 aliphatic rings. The van der Waals surface area contributed by atoms with Gasteiger partial charge in [-0.15, -0.1) is 0 Å². The molecule has 64 valence electrons. The number of hydrogen-bond donors (Lipinski definition) is 1. The molecule has 0 unspecified atom stereocenters. The first kappa shape index (κ1) is 8.67. The fourth-order valence-electron chi connectivity index (χ4n) is 0.892. The van der Waals surface area contributed by atoms with Gasteiger partial charge in [0, 0.05) is 24.6 Å². The first-order chi connectivity index (χ1) is 5.34. The van der Waals surface area contributed by atoms with Crippen molar-refractivity contribution < 1.29 is 14.6 Å². The van der Waals surface area contributed by atoms with Gasteiger partial charge in [-0.05, 0) is 0 Å². The summed E-state index contributed by atoms with van der Waals surface area (Å²) in [6.45, 7) is 0.926. The van der Waals surface area contributed by atoms with Crippen LogP contribution in [0, 0.1) is 0 Å². The van der Waals surface area contributed by atoms with Crippen molar-refractivity contribution in [2.24, 2.45) is 0 Å². The second-order valence-corrected chi connectivity index (χ2v) is 3.36. The van der Waals surface area contributed by atoms with E-state index >= 15 is 0 Å². The Morgan fingerprint density at radius 2 is 2.18 bits per heavy atom. The summed E-state index contributed by atoms with van der Waals surface area (Å²) < 4.78 is 4.41. The van der Waals surface area contributed by atoms with E-state index in [-0.39, 0.29) is 0 Å². The molecular formula is C6H11NO3S. The fraction of sp³-hybridized carbons (Fsp3) is 0.833. The van der Waals surface area contributed by atoms with Gasteiger partial charge in [0.1, 0.15) is 0 Å². The summed E-state index contributed by atoms with van der Waals surface area (Å²) in [6.07, 6.45) is -0.409. The van der Waals surface area contributed by atoms with Crippen molar-refractivity contribution >= 4 is 17.9 Å². The van der Waals surface area contributed by atoms with E-state index in [9.17, 15) is 4.79 Å². The number of carbonyl (C=O) groups excluding carboxylic acids is 1. The maximum atomic E-state index is 10.9. The van der Waals surface area contributed by atoms with Gasteiger partial charge in [-0.1, -0.05) is 0 Å². The molecule has 0 aromatic carbocycles. The van der Waals surface area contributed by atoms with Gasteiger partial charge < -0.3 is 14.7 Å². The summed E-state index contributed by atoms with van der Waals surface area (Å²) in [5, 5.41) is 8.29. The average Bonchev–Trinajstić information content (AvgIpc) is 2.07. The highest BCUT2D eigenvalue weighted by Crippen LogP contribution is 2.09. The molecule has 4 nitrogen and oxygen atoms in total. The van der Waals surface area contributed by atoms with E-state index < -0.39 is 12.9 Å². The second kappa shape index (κ2) is 4.46. The van der Waals surface area contributed by atoms with Gasteiger partial charge >= 0.3 is 6.09 Å². The van der Waals surface area contributed by atoms with E-state index in [1.54, 1.807) is 4.90 Å². The lowest BCUT2D eigenvalue weighted by molar-refractivity contribution is 0.0237. The van der Waals surface area contributed by atoms with Crippen LogP contribution in [0.25, 0.3) is 0 Å². The minimum Gasteiger partial charge on any atom is -0.422 e. The minimum absolute atomic E-state index is 0.409. The van der Waals surface area contributed by atoms with Gasteiger partial charge in [-0.2, -0.15) is 11.8 Å². The first-order valence-corrected chi connectivity index (χ1v) is 4.60. The lowest BCUT2D eigenvalue weighted by Gasteiger charge is -2.24. The zero-order valence-electron chi connectivity index (χ0n) is 6.15. The number of amides is 1. The van der Waals surface area contributed by atoms with Crippen molar-refractivity contribution in [3.8, 4) is 0 Å². The normalized spacial score (nSPS) is 18.1. The molecule has 1 heterocycles. The zero-order valence-corrected chi connectivity index (χ0v) is 6.97. The van der Waals surface area contributed by atoms with E-state index in [0.29, 0.717) is 0 Å². The SMILES string of the molecule is O=C(OCO)N1CCSCC1. The van der Waals surface area contributed by atoms with Crippen molar-refractivity contribution in [1.29, 1.82) is 0 Å². The molecule has 1 amide bonds. The molecule has 0 atom stereocenters. The molecule has 1 saturated heterocycles. The van der Waals surface area contributed by atoms with Gasteiger partial charge in [0.2, 0.25) is 0 Å². The molecule has 1 aliphatic heterocycles. The number of ether oxygens (including phenoxy) is 1. The quantitative estimate of drug-likeness (QED) is 0.578. The van der Waals surface area contributed by atoms with E-state index in [1.807, 2.05) is 11.8 Å². The van der Waals surface area contributed by atoms with Crippen LogP contribution in [-0.2, 0) is 4.74 Å². The summed E-state index contributed by atoms with van der Waals surface area (Å²) in [5.41, 5.74) is 0. The molecule has 0 radical (unpaired) electrons. The Morgan fingerprint density at radius 3 is 2.73 bits per heavy atom. The van der Waals surface area contributed by atoms with Crippen LogP contribution in [0.4, 0.5) is 4.79 Å². The van der Waals surface area contributed by atoms with Crippen LogP contribution in [0.5, 0.6) is 0 Å². The molecular weight excluding hydrogens is 166 g/mol. The smallest absolute Gasteiger partial charge is 0.411 e. The van der Waals surface area contributed by atoms with Crippen molar-refractivity contribution in [3.63, 3.8) is 0 Å². The standard InChI is InChI=1S/C6H11NO3S/c8-5-10-6(9)7-1-3-11-4-2-7/h8H,1-5H2. The number of rotatable bonds is 1. The number of thioether (sulfide) groups is 1. The average molecular weight is 177 g/mol. The molecule has 0 aliphatic carbocycles. The Kier molecular flexibility index (Phi) is 3.51. The summed E-state index contributed by atoms with van der Waals surface area (Å²) in [5.74, 6) is 1.92. The third-order valence-corrected chi connectivity index (χ3v) is 2.40. The van der Waals surface area contributed by atoms with E-state index in [2.05, 4.69) is 4.74 Å². The largest absolute Gasteiger partial charge is 0.422 e. The van der Waals surface area contributed by atoms with Crippen molar-refractivity contribution in [1.82, 2.24) is 4.90 Å². The lowest BCUT2D eigenvalue weighted by Crippen LogP contribution is -2.38. The van der Waals surface area contributed by atoms with E-state index in [4.69, 9.17) is 5.11 Å². The number of aliphatic hydroxyl groups is 1. The predicted molar refractivity (Wildman–Crippen MR) is 42.5 cm³/mol. The molecule has 5 heteroatoms. The number of carbonyl (C=O) groups is 1. The third-order valence-electron chi connectivity index (χ3n) is 1.46. The van der Waals surface area contributed by atoms with E-state index in [0.717, 1.165) is 24.6 Å². The maximum Gasteiger partial charge on any atom is 0.411 e. The van der Waals surface area contributed by atoms with Crippen LogP contribution >= 0.6 is 11.8 Å². The molecule has 0 spiro atoms. The third kappa shape index (κ3) is 2.59. The highest BCUT2D eigenvalue weighted by Gasteiger charge is 2.16. The Balaban J connectivity index is 2.27. The molecule has 0 bridgehead atoms. The maximum absolute atomic E-state index is 10.9. The summed E-state index contributed by atoms with van der Waals surface area (Å²) in [7, 11) is 0. The Bertz CT molecular complexity index is 136. The molecule has 11 heavy (non-hydrogen) atoms. The van der Waals surface area contributed by atoms with Gasteiger partial charge in [0.05, 0.1) is 0 Å². The van der Waals surface area contributed by atoms with Crippen molar-refractivity contribution in [2.75, 3.05) is 31.4 Å². The molecule has 0 saturated carbocycles.